The Hall–Kier alpha value is -1.61. The van der Waals surface area contributed by atoms with Gasteiger partial charge in [0, 0.05) is 30.9 Å². The first-order chi connectivity index (χ1) is 8.99. The smallest absolute Gasteiger partial charge is 0.0537 e. The van der Waals surface area contributed by atoms with E-state index in [9.17, 15) is 0 Å². The molecule has 3 heteroatoms. The van der Waals surface area contributed by atoms with Crippen molar-refractivity contribution in [2.24, 2.45) is 7.05 Å². The summed E-state index contributed by atoms with van der Waals surface area (Å²) in [6.07, 6.45) is 1.94. The van der Waals surface area contributed by atoms with Gasteiger partial charge in [-0.1, -0.05) is 23.8 Å². The van der Waals surface area contributed by atoms with Gasteiger partial charge in [0.05, 0.1) is 6.20 Å². The molecule has 0 spiro atoms. The van der Waals surface area contributed by atoms with Crippen LogP contribution in [0.1, 0.15) is 40.9 Å². The summed E-state index contributed by atoms with van der Waals surface area (Å²) in [4.78, 5) is 0. The molecule has 102 valence electrons. The molecule has 0 aliphatic rings. The van der Waals surface area contributed by atoms with Crippen LogP contribution in [0.5, 0.6) is 0 Å². The third-order valence-corrected chi connectivity index (χ3v) is 3.84. The van der Waals surface area contributed by atoms with Gasteiger partial charge in [0.2, 0.25) is 0 Å². The van der Waals surface area contributed by atoms with Crippen LogP contribution in [0, 0.1) is 20.8 Å². The molecule has 1 heterocycles. The molecule has 0 radical (unpaired) electrons. The maximum absolute atomic E-state index is 4.28. The summed E-state index contributed by atoms with van der Waals surface area (Å²) >= 11 is 0. The number of aryl methyl sites for hydroxylation is 3. The molecule has 3 nitrogen and oxygen atoms in total. The molecule has 0 fully saturated rings. The predicted octanol–water partition coefficient (Wildman–Crippen LogP) is 3.20. The summed E-state index contributed by atoms with van der Waals surface area (Å²) in [5, 5.41) is 7.86. The van der Waals surface area contributed by atoms with Crippen molar-refractivity contribution in [1.82, 2.24) is 15.1 Å². The maximum Gasteiger partial charge on any atom is 0.0537 e. The van der Waals surface area contributed by atoms with Gasteiger partial charge in [0.25, 0.3) is 0 Å². The summed E-state index contributed by atoms with van der Waals surface area (Å²) in [6, 6.07) is 6.97. The van der Waals surface area contributed by atoms with Crippen LogP contribution in [0.15, 0.2) is 24.4 Å². The largest absolute Gasteiger partial charge is 0.306 e. The number of nitrogens with one attached hydrogen (secondary N) is 1. The summed E-state index contributed by atoms with van der Waals surface area (Å²) in [6.45, 7) is 9.48. The molecular formula is C16H23N3. The summed E-state index contributed by atoms with van der Waals surface area (Å²) in [5.74, 6) is 0. The normalized spacial score (nSPS) is 12.7. The van der Waals surface area contributed by atoms with Crippen LogP contribution in [0.3, 0.4) is 0 Å². The van der Waals surface area contributed by atoms with Gasteiger partial charge < -0.3 is 5.32 Å². The SMILES string of the molecule is Cc1ccc(C)c(C(C)NCc2cnn(C)c2C)c1. The van der Waals surface area contributed by atoms with Crippen molar-refractivity contribution in [3.63, 3.8) is 0 Å². The van der Waals surface area contributed by atoms with Crippen molar-refractivity contribution in [2.45, 2.75) is 40.3 Å². The number of hydrogen-bond acceptors (Lipinski definition) is 2. The zero-order valence-corrected chi connectivity index (χ0v) is 12.5. The van der Waals surface area contributed by atoms with Crippen molar-refractivity contribution in [3.8, 4) is 0 Å². The van der Waals surface area contributed by atoms with Gasteiger partial charge >= 0.3 is 0 Å². The first-order valence-corrected chi connectivity index (χ1v) is 6.77. The first-order valence-electron chi connectivity index (χ1n) is 6.77. The second-order valence-corrected chi connectivity index (χ2v) is 5.34. The van der Waals surface area contributed by atoms with Gasteiger partial charge in [0.1, 0.15) is 0 Å². The van der Waals surface area contributed by atoms with E-state index in [-0.39, 0.29) is 0 Å². The van der Waals surface area contributed by atoms with Crippen LogP contribution in [-0.2, 0) is 13.6 Å². The highest BCUT2D eigenvalue weighted by atomic mass is 15.3. The van der Waals surface area contributed by atoms with Crippen molar-refractivity contribution >= 4 is 0 Å². The Bertz CT molecular complexity index is 569. The van der Waals surface area contributed by atoms with Gasteiger partial charge in [-0.3, -0.25) is 4.68 Å². The van der Waals surface area contributed by atoms with E-state index in [0.717, 1.165) is 6.54 Å². The topological polar surface area (TPSA) is 29.9 Å². The van der Waals surface area contributed by atoms with Crippen molar-refractivity contribution in [1.29, 1.82) is 0 Å². The van der Waals surface area contributed by atoms with Crippen LogP contribution in [-0.4, -0.2) is 9.78 Å². The molecule has 0 aliphatic carbocycles. The molecule has 0 bridgehead atoms. The number of nitrogens with zero attached hydrogens (tertiary/aromatic N) is 2. The summed E-state index contributed by atoms with van der Waals surface area (Å²) in [5.41, 5.74) is 6.52. The van der Waals surface area contributed by atoms with E-state index in [1.54, 1.807) is 0 Å². The zero-order chi connectivity index (χ0) is 14.0. The average molecular weight is 257 g/mol. The summed E-state index contributed by atoms with van der Waals surface area (Å²) in [7, 11) is 1.98. The fraction of sp³-hybridized carbons (Fsp3) is 0.438. The molecule has 2 rings (SSSR count). The van der Waals surface area contributed by atoms with E-state index in [2.05, 4.69) is 56.3 Å². The summed E-state index contributed by atoms with van der Waals surface area (Å²) < 4.78 is 1.92. The number of rotatable bonds is 4. The Morgan fingerprint density at radius 3 is 2.63 bits per heavy atom. The van der Waals surface area contributed by atoms with Gasteiger partial charge in [-0.05, 0) is 38.8 Å². The highest BCUT2D eigenvalue weighted by Crippen LogP contribution is 2.19. The maximum atomic E-state index is 4.28. The lowest BCUT2D eigenvalue weighted by Gasteiger charge is -2.17. The van der Waals surface area contributed by atoms with Crippen LogP contribution >= 0.6 is 0 Å². The van der Waals surface area contributed by atoms with Crippen LogP contribution < -0.4 is 5.32 Å². The monoisotopic (exact) mass is 257 g/mol. The van der Waals surface area contributed by atoms with Gasteiger partial charge in [0.15, 0.2) is 0 Å². The zero-order valence-electron chi connectivity index (χ0n) is 12.5. The minimum absolute atomic E-state index is 0.347. The Morgan fingerprint density at radius 1 is 1.26 bits per heavy atom. The number of benzene rings is 1. The minimum Gasteiger partial charge on any atom is -0.306 e. The Balaban J connectivity index is 2.07. The molecule has 1 aromatic heterocycles. The molecule has 2 aromatic rings. The lowest BCUT2D eigenvalue weighted by molar-refractivity contribution is 0.570. The average Bonchev–Trinajstić information content (AvgIpc) is 2.70. The molecule has 1 atom stereocenters. The third-order valence-electron chi connectivity index (χ3n) is 3.84. The third kappa shape index (κ3) is 3.04. The van der Waals surface area contributed by atoms with E-state index in [1.165, 1.54) is 27.9 Å². The lowest BCUT2D eigenvalue weighted by atomic mass is 10.00. The number of hydrogen-bond donors (Lipinski definition) is 1. The van der Waals surface area contributed by atoms with E-state index in [4.69, 9.17) is 0 Å². The van der Waals surface area contributed by atoms with Crippen LogP contribution in [0.25, 0.3) is 0 Å². The van der Waals surface area contributed by atoms with Gasteiger partial charge in [-0.15, -0.1) is 0 Å². The van der Waals surface area contributed by atoms with Gasteiger partial charge in [-0.25, -0.2) is 0 Å². The molecule has 0 saturated heterocycles. The van der Waals surface area contributed by atoms with Crippen LogP contribution in [0.2, 0.25) is 0 Å². The molecule has 1 aromatic carbocycles. The molecule has 0 saturated carbocycles. The molecule has 0 aliphatic heterocycles. The molecule has 0 amide bonds. The second kappa shape index (κ2) is 5.57. The molecule has 1 unspecified atom stereocenters. The van der Waals surface area contributed by atoms with Crippen molar-refractivity contribution in [2.75, 3.05) is 0 Å². The molecule has 1 N–H and O–H groups in total. The van der Waals surface area contributed by atoms with Crippen LogP contribution in [0.4, 0.5) is 0 Å². The fourth-order valence-corrected chi connectivity index (χ4v) is 2.32. The Labute approximate surface area is 115 Å². The van der Waals surface area contributed by atoms with E-state index < -0.39 is 0 Å². The first kappa shape index (κ1) is 13.8. The highest BCUT2D eigenvalue weighted by molar-refractivity contribution is 5.32. The lowest BCUT2D eigenvalue weighted by Crippen LogP contribution is -2.19. The Kier molecular flexibility index (Phi) is 4.05. The van der Waals surface area contributed by atoms with Crippen molar-refractivity contribution in [3.05, 3.63) is 52.3 Å². The predicted molar refractivity (Wildman–Crippen MR) is 79.1 cm³/mol. The number of aromatic nitrogens is 2. The van der Waals surface area contributed by atoms with E-state index in [1.807, 2.05) is 17.9 Å². The second-order valence-electron chi connectivity index (χ2n) is 5.34. The quantitative estimate of drug-likeness (QED) is 0.911. The standard InChI is InChI=1S/C16H23N3/c1-11-6-7-12(2)16(8-11)13(3)17-9-15-10-18-19(5)14(15)4/h6-8,10,13,17H,9H2,1-5H3. The fourth-order valence-electron chi connectivity index (χ4n) is 2.32. The van der Waals surface area contributed by atoms with E-state index >= 15 is 0 Å². The van der Waals surface area contributed by atoms with Gasteiger partial charge in [-0.2, -0.15) is 5.10 Å². The Morgan fingerprint density at radius 2 is 2.00 bits per heavy atom. The highest BCUT2D eigenvalue weighted by Gasteiger charge is 2.10. The van der Waals surface area contributed by atoms with E-state index in [0.29, 0.717) is 6.04 Å². The van der Waals surface area contributed by atoms with Crippen molar-refractivity contribution < 1.29 is 0 Å². The minimum atomic E-state index is 0.347. The molecule has 19 heavy (non-hydrogen) atoms. The molecular weight excluding hydrogens is 234 g/mol.